The van der Waals surface area contributed by atoms with Gasteiger partial charge in [0.15, 0.2) is 0 Å². The van der Waals surface area contributed by atoms with Crippen molar-refractivity contribution >= 4 is 25.7 Å². The maximum absolute atomic E-state index is 8.55. The number of aromatic nitrogens is 3. The van der Waals surface area contributed by atoms with Crippen LogP contribution in [-0.4, -0.2) is 15.0 Å². The molecule has 0 aromatic carbocycles. The monoisotopic (exact) mass is 290 g/mol. The molecular weight excluding hydrogens is 284 g/mol. The number of nitrogens with zero attached hydrogens (tertiary/aromatic N) is 3. The quantitative estimate of drug-likeness (QED) is 0.304. The zero-order chi connectivity index (χ0) is 11.4. The van der Waals surface area contributed by atoms with Gasteiger partial charge in [0.1, 0.15) is 0 Å². The van der Waals surface area contributed by atoms with Gasteiger partial charge in [0.25, 0.3) is 0 Å². The number of rotatable bonds is 0. The molecule has 0 bridgehead atoms. The molecular formula is C3H6N6Na3O4P. The summed E-state index contributed by atoms with van der Waals surface area (Å²) in [6, 6.07) is 0. The van der Waals surface area contributed by atoms with Gasteiger partial charge < -0.3 is 36.4 Å². The zero-order valence-corrected chi connectivity index (χ0v) is 16.5. The second-order valence-electron chi connectivity index (χ2n) is 1.86. The summed E-state index contributed by atoms with van der Waals surface area (Å²) in [4.78, 5) is 36.1. The van der Waals surface area contributed by atoms with Crippen molar-refractivity contribution in [1.29, 1.82) is 0 Å². The summed E-state index contributed by atoms with van der Waals surface area (Å²) in [6.45, 7) is 0. The fourth-order valence-corrected chi connectivity index (χ4v) is 0.427. The van der Waals surface area contributed by atoms with Crippen LogP contribution in [0.4, 0.5) is 17.8 Å². The predicted octanol–water partition coefficient (Wildman–Crippen LogP) is -13.2. The molecule has 0 atom stereocenters. The Bertz CT molecular complexity index is 304. The molecule has 10 nitrogen and oxygen atoms in total. The van der Waals surface area contributed by atoms with Crippen LogP contribution in [0.1, 0.15) is 0 Å². The summed E-state index contributed by atoms with van der Waals surface area (Å²) in [7, 11) is -5.39. The standard InChI is InChI=1S/C3H6N6.3Na.H3O4P/c4-1-7-2(5)9-3(6)8-1;;;;1-5(2,3)4/h(H6,4,5,6,7,8,9);;;;(H3,1,2,3,4)/q;3*+1;/p-3. The summed E-state index contributed by atoms with van der Waals surface area (Å²) in [5.74, 6) is 0.125. The molecule has 14 heteroatoms. The van der Waals surface area contributed by atoms with Crippen molar-refractivity contribution in [2.75, 3.05) is 17.2 Å². The van der Waals surface area contributed by atoms with Gasteiger partial charge in [-0.1, -0.05) is 0 Å². The average molecular weight is 290 g/mol. The smallest absolute Gasteiger partial charge is 0.822 e. The van der Waals surface area contributed by atoms with Crippen LogP contribution in [0.2, 0.25) is 0 Å². The molecule has 80 valence electrons. The molecule has 0 saturated heterocycles. The molecule has 0 spiro atoms. The minimum Gasteiger partial charge on any atom is -0.822 e. The first-order valence-corrected chi connectivity index (χ1v) is 4.40. The predicted molar refractivity (Wildman–Crippen MR) is 40.7 cm³/mol. The SMILES string of the molecule is Nc1nc(N)nc(N)n1.O=P([O-])([O-])[O-].[Na+].[Na+].[Na+]. The first-order chi connectivity index (χ1) is 6.18. The van der Waals surface area contributed by atoms with Crippen LogP contribution in [0.15, 0.2) is 0 Å². The molecule has 0 unspecified atom stereocenters. The first kappa shape index (κ1) is 27.0. The van der Waals surface area contributed by atoms with Crippen molar-refractivity contribution in [3.05, 3.63) is 0 Å². The number of nitrogens with two attached hydrogens (primary N) is 3. The average Bonchev–Trinajstić information content (AvgIpc) is 1.77. The molecule has 17 heavy (non-hydrogen) atoms. The van der Waals surface area contributed by atoms with Gasteiger partial charge in [-0.2, -0.15) is 22.8 Å². The number of hydrogen-bond donors (Lipinski definition) is 3. The van der Waals surface area contributed by atoms with Gasteiger partial charge in [0, 0.05) is 0 Å². The number of phosphoric acid groups is 1. The molecule has 1 aromatic heterocycles. The normalized spacial score (nSPS) is 8.41. The Hall–Kier alpha value is 1.52. The van der Waals surface area contributed by atoms with Gasteiger partial charge in [-0.3, -0.25) is 0 Å². The van der Waals surface area contributed by atoms with Crippen LogP contribution in [-0.2, 0) is 4.57 Å². The van der Waals surface area contributed by atoms with Crippen LogP contribution in [0.3, 0.4) is 0 Å². The van der Waals surface area contributed by atoms with E-state index in [1.54, 1.807) is 0 Å². The topological polar surface area (TPSA) is 203 Å². The van der Waals surface area contributed by atoms with Crippen molar-refractivity contribution in [3.63, 3.8) is 0 Å². The minimum absolute atomic E-state index is 0. The number of nitrogen functional groups attached to an aromatic ring is 3. The summed E-state index contributed by atoms with van der Waals surface area (Å²) in [6.07, 6.45) is 0. The Morgan fingerprint density at radius 2 is 0.882 bits per heavy atom. The first-order valence-electron chi connectivity index (χ1n) is 2.94. The van der Waals surface area contributed by atoms with E-state index in [4.69, 9.17) is 36.4 Å². The van der Waals surface area contributed by atoms with E-state index < -0.39 is 7.82 Å². The summed E-state index contributed by atoms with van der Waals surface area (Å²) >= 11 is 0. The van der Waals surface area contributed by atoms with Crippen molar-refractivity contribution in [3.8, 4) is 0 Å². The molecule has 0 saturated carbocycles. The van der Waals surface area contributed by atoms with Crippen LogP contribution < -0.4 is 121 Å². The van der Waals surface area contributed by atoms with Crippen molar-refractivity contribution < 1.29 is 108 Å². The Morgan fingerprint density at radius 1 is 0.765 bits per heavy atom. The molecule has 0 aliphatic rings. The van der Waals surface area contributed by atoms with Gasteiger partial charge >= 0.3 is 88.7 Å². The molecule has 0 aliphatic heterocycles. The van der Waals surface area contributed by atoms with Crippen LogP contribution >= 0.6 is 7.82 Å². The fourth-order valence-electron chi connectivity index (χ4n) is 0.427. The molecule has 0 radical (unpaired) electrons. The van der Waals surface area contributed by atoms with Crippen LogP contribution in [0, 0.1) is 0 Å². The molecule has 1 rings (SSSR count). The van der Waals surface area contributed by atoms with E-state index in [1.807, 2.05) is 0 Å². The third-order valence-corrected chi connectivity index (χ3v) is 0.687. The van der Waals surface area contributed by atoms with Gasteiger partial charge in [-0.15, -0.1) is 0 Å². The Balaban J connectivity index is -0.0000000948. The van der Waals surface area contributed by atoms with Crippen molar-refractivity contribution in [2.24, 2.45) is 0 Å². The fraction of sp³-hybridized carbons (Fsp3) is 0. The van der Waals surface area contributed by atoms with E-state index in [0.29, 0.717) is 0 Å². The van der Waals surface area contributed by atoms with E-state index >= 15 is 0 Å². The Kier molecular flexibility index (Phi) is 19.9. The third kappa shape index (κ3) is 23.1. The summed E-state index contributed by atoms with van der Waals surface area (Å²) in [5.41, 5.74) is 15.4. The molecule has 1 aromatic rings. The van der Waals surface area contributed by atoms with Gasteiger partial charge in [-0.25, -0.2) is 0 Å². The summed E-state index contributed by atoms with van der Waals surface area (Å²) in [5, 5.41) is 0. The summed E-state index contributed by atoms with van der Waals surface area (Å²) < 4.78 is 8.55. The Morgan fingerprint density at radius 3 is 1.00 bits per heavy atom. The second kappa shape index (κ2) is 12.5. The maximum atomic E-state index is 8.55. The van der Waals surface area contributed by atoms with Crippen molar-refractivity contribution in [2.45, 2.75) is 0 Å². The maximum Gasteiger partial charge on any atom is 1.00 e. The van der Waals surface area contributed by atoms with Gasteiger partial charge in [0.2, 0.25) is 17.8 Å². The van der Waals surface area contributed by atoms with E-state index in [1.165, 1.54) is 0 Å². The van der Waals surface area contributed by atoms with E-state index in [-0.39, 0.29) is 107 Å². The van der Waals surface area contributed by atoms with E-state index in [0.717, 1.165) is 0 Å². The van der Waals surface area contributed by atoms with E-state index in [9.17, 15) is 0 Å². The van der Waals surface area contributed by atoms with Gasteiger partial charge in [-0.05, 0) is 0 Å². The molecule has 0 amide bonds. The molecule has 0 fully saturated rings. The molecule has 0 aliphatic carbocycles. The van der Waals surface area contributed by atoms with Crippen LogP contribution in [0.5, 0.6) is 0 Å². The third-order valence-electron chi connectivity index (χ3n) is 0.687. The van der Waals surface area contributed by atoms with Gasteiger partial charge in [0.05, 0.1) is 0 Å². The van der Waals surface area contributed by atoms with Crippen LogP contribution in [0.25, 0.3) is 0 Å². The zero-order valence-electron chi connectivity index (χ0n) is 9.65. The number of anilines is 3. The second-order valence-corrected chi connectivity index (χ2v) is 2.75. The number of hydrogen-bond acceptors (Lipinski definition) is 10. The molecule has 1 heterocycles. The largest absolute Gasteiger partial charge is 1.00 e. The Labute approximate surface area is 163 Å². The van der Waals surface area contributed by atoms with Crippen molar-refractivity contribution in [1.82, 2.24) is 15.0 Å². The minimum atomic E-state index is -5.39. The van der Waals surface area contributed by atoms with E-state index in [2.05, 4.69) is 15.0 Å². The molecule has 6 N–H and O–H groups in total.